The summed E-state index contributed by atoms with van der Waals surface area (Å²) >= 11 is 0. The molecule has 1 saturated heterocycles. The summed E-state index contributed by atoms with van der Waals surface area (Å²) in [4.78, 5) is 26.5. The van der Waals surface area contributed by atoms with E-state index in [1.807, 2.05) is 42.3 Å². The molecule has 0 N–H and O–H groups in total. The fourth-order valence-electron chi connectivity index (χ4n) is 3.37. The molecule has 1 aliphatic heterocycles. The first-order valence-electron chi connectivity index (χ1n) is 9.49. The highest BCUT2D eigenvalue weighted by atomic mass is 32.2. The van der Waals surface area contributed by atoms with Gasteiger partial charge in [-0.3, -0.25) is 14.9 Å². The van der Waals surface area contributed by atoms with Gasteiger partial charge < -0.3 is 9.80 Å². The first-order chi connectivity index (χ1) is 14.2. The van der Waals surface area contributed by atoms with E-state index in [-0.39, 0.29) is 49.2 Å². The van der Waals surface area contributed by atoms with Gasteiger partial charge >= 0.3 is 0 Å². The zero-order valence-electron chi connectivity index (χ0n) is 16.9. The maximum Gasteiger partial charge on any atom is 0.270 e. The van der Waals surface area contributed by atoms with E-state index in [4.69, 9.17) is 0 Å². The van der Waals surface area contributed by atoms with Gasteiger partial charge in [-0.1, -0.05) is 24.3 Å². The summed E-state index contributed by atoms with van der Waals surface area (Å²) in [5.74, 6) is -0.0788. The van der Waals surface area contributed by atoms with Gasteiger partial charge in [0.05, 0.1) is 16.4 Å². The number of non-ortho nitro benzene ring substituents is 1. The molecular formula is C20H24N4O5S. The predicted molar refractivity (Wildman–Crippen MR) is 113 cm³/mol. The van der Waals surface area contributed by atoms with Crippen LogP contribution in [0, 0.1) is 17.0 Å². The van der Waals surface area contributed by atoms with Crippen molar-refractivity contribution >= 4 is 27.3 Å². The van der Waals surface area contributed by atoms with Gasteiger partial charge in [0, 0.05) is 51.0 Å². The molecule has 0 bridgehead atoms. The van der Waals surface area contributed by atoms with Crippen molar-refractivity contribution in [3.63, 3.8) is 0 Å². The van der Waals surface area contributed by atoms with Gasteiger partial charge in [0.2, 0.25) is 15.9 Å². The molecule has 160 valence electrons. The third-order valence-corrected chi connectivity index (χ3v) is 7.20. The van der Waals surface area contributed by atoms with Crippen LogP contribution >= 0.6 is 0 Å². The zero-order valence-corrected chi connectivity index (χ0v) is 17.7. The molecule has 30 heavy (non-hydrogen) atoms. The lowest BCUT2D eigenvalue weighted by molar-refractivity contribution is -0.385. The Balaban J connectivity index is 1.65. The molecule has 1 fully saturated rings. The van der Waals surface area contributed by atoms with Crippen LogP contribution in [0.15, 0.2) is 53.4 Å². The second-order valence-corrected chi connectivity index (χ2v) is 9.09. The number of nitrogens with zero attached hydrogens (tertiary/aromatic N) is 4. The van der Waals surface area contributed by atoms with Crippen LogP contribution in [-0.2, 0) is 14.8 Å². The number of carbonyl (C=O) groups excluding carboxylic acids is 1. The van der Waals surface area contributed by atoms with Crippen molar-refractivity contribution in [3.05, 3.63) is 64.2 Å². The number of piperazine rings is 1. The number of hydrogen-bond acceptors (Lipinski definition) is 6. The molecule has 9 nitrogen and oxygen atoms in total. The molecular weight excluding hydrogens is 408 g/mol. The largest absolute Gasteiger partial charge is 0.365 e. The Labute approximate surface area is 175 Å². The number of nitro groups is 1. The fraction of sp³-hybridized carbons (Fsp3) is 0.350. The summed E-state index contributed by atoms with van der Waals surface area (Å²) < 4.78 is 27.3. The minimum Gasteiger partial charge on any atom is -0.365 e. The van der Waals surface area contributed by atoms with Crippen molar-refractivity contribution in [2.75, 3.05) is 44.7 Å². The molecule has 1 aliphatic rings. The van der Waals surface area contributed by atoms with Crippen molar-refractivity contribution in [1.82, 2.24) is 9.21 Å². The summed E-state index contributed by atoms with van der Waals surface area (Å²) in [6.45, 7) is 2.64. The maximum atomic E-state index is 13.0. The molecule has 0 radical (unpaired) electrons. The molecule has 0 atom stereocenters. The van der Waals surface area contributed by atoms with Gasteiger partial charge in [-0.15, -0.1) is 0 Å². The van der Waals surface area contributed by atoms with Crippen LogP contribution in [0.2, 0.25) is 0 Å². The lowest BCUT2D eigenvalue weighted by Gasteiger charge is -2.35. The van der Waals surface area contributed by atoms with E-state index in [1.165, 1.54) is 16.4 Å². The second-order valence-electron chi connectivity index (χ2n) is 7.18. The van der Waals surface area contributed by atoms with Crippen molar-refractivity contribution in [2.24, 2.45) is 0 Å². The third-order valence-electron chi connectivity index (χ3n) is 5.16. The molecule has 0 spiro atoms. The molecule has 2 aromatic rings. The predicted octanol–water partition coefficient (Wildman–Crippen LogP) is 1.87. The zero-order chi connectivity index (χ0) is 21.9. The molecule has 0 saturated carbocycles. The van der Waals surface area contributed by atoms with Gasteiger partial charge in [-0.05, 0) is 24.6 Å². The molecule has 1 amide bonds. The maximum absolute atomic E-state index is 13.0. The third kappa shape index (κ3) is 4.60. The van der Waals surface area contributed by atoms with Crippen LogP contribution in [0.3, 0.4) is 0 Å². The quantitative estimate of drug-likeness (QED) is 0.510. The van der Waals surface area contributed by atoms with Crippen LogP contribution in [-0.4, -0.2) is 68.2 Å². The van der Waals surface area contributed by atoms with Crippen molar-refractivity contribution in [2.45, 2.75) is 11.8 Å². The van der Waals surface area contributed by atoms with Crippen LogP contribution < -0.4 is 4.90 Å². The number of anilines is 1. The van der Waals surface area contributed by atoms with E-state index in [1.54, 1.807) is 11.8 Å². The molecule has 0 unspecified atom stereocenters. The number of para-hydroxylation sites is 1. The van der Waals surface area contributed by atoms with Gasteiger partial charge in [0.25, 0.3) is 5.69 Å². The molecule has 0 aliphatic carbocycles. The van der Waals surface area contributed by atoms with Crippen molar-refractivity contribution < 1.29 is 18.1 Å². The summed E-state index contributed by atoms with van der Waals surface area (Å²) in [5, 5.41) is 11.0. The van der Waals surface area contributed by atoms with E-state index in [0.29, 0.717) is 5.56 Å². The number of rotatable bonds is 6. The Hall–Kier alpha value is -2.98. The number of nitro benzene ring substituents is 1. The van der Waals surface area contributed by atoms with Crippen molar-refractivity contribution in [3.8, 4) is 0 Å². The topological polar surface area (TPSA) is 104 Å². The highest BCUT2D eigenvalue weighted by Gasteiger charge is 2.32. The Morgan fingerprint density at radius 1 is 1.10 bits per heavy atom. The summed E-state index contributed by atoms with van der Waals surface area (Å²) in [5.41, 5.74) is 1.11. The molecule has 1 heterocycles. The van der Waals surface area contributed by atoms with Crippen LogP contribution in [0.4, 0.5) is 11.4 Å². The minimum atomic E-state index is -3.88. The summed E-state index contributed by atoms with van der Waals surface area (Å²) in [6.07, 6.45) is 0. The Bertz CT molecular complexity index is 1030. The lowest BCUT2D eigenvalue weighted by atomic mass is 10.2. The number of amides is 1. The highest BCUT2D eigenvalue weighted by Crippen LogP contribution is 2.25. The van der Waals surface area contributed by atoms with E-state index in [2.05, 4.69) is 0 Å². The number of likely N-dealkylation sites (N-methyl/N-ethyl adjacent to an activating group) is 1. The first kappa shape index (κ1) is 21.7. The number of benzene rings is 2. The highest BCUT2D eigenvalue weighted by molar-refractivity contribution is 7.89. The molecule has 10 heteroatoms. The summed E-state index contributed by atoms with van der Waals surface area (Å²) in [6, 6.07) is 13.3. The Morgan fingerprint density at radius 2 is 1.73 bits per heavy atom. The Morgan fingerprint density at radius 3 is 2.33 bits per heavy atom. The smallest absolute Gasteiger partial charge is 0.270 e. The Kier molecular flexibility index (Phi) is 6.37. The van der Waals surface area contributed by atoms with Gasteiger partial charge in [-0.2, -0.15) is 4.31 Å². The molecule has 3 rings (SSSR count). The average molecular weight is 433 g/mol. The SMILES string of the molecule is Cc1ccc([N+](=O)[O-])cc1S(=O)(=O)N1CCN(C(=O)CN(C)c2ccccc2)CC1. The first-order valence-corrected chi connectivity index (χ1v) is 10.9. The fourth-order valence-corrected chi connectivity index (χ4v) is 5.04. The molecule has 0 aromatic heterocycles. The second kappa shape index (κ2) is 8.80. The van der Waals surface area contributed by atoms with E-state index in [0.717, 1.165) is 11.8 Å². The van der Waals surface area contributed by atoms with Crippen LogP contribution in [0.25, 0.3) is 0 Å². The molecule has 2 aromatic carbocycles. The van der Waals surface area contributed by atoms with Crippen LogP contribution in [0.1, 0.15) is 5.56 Å². The summed E-state index contributed by atoms with van der Waals surface area (Å²) in [7, 11) is -2.05. The van der Waals surface area contributed by atoms with E-state index in [9.17, 15) is 23.3 Å². The van der Waals surface area contributed by atoms with E-state index >= 15 is 0 Å². The average Bonchev–Trinajstić information content (AvgIpc) is 2.74. The standard InChI is InChI=1S/C20H24N4O5S/c1-16-8-9-18(24(26)27)14-19(16)30(28,29)23-12-10-22(11-13-23)20(25)15-21(2)17-6-4-3-5-7-17/h3-9,14H,10-13,15H2,1-2H3. The van der Waals surface area contributed by atoms with E-state index < -0.39 is 14.9 Å². The number of hydrogen-bond donors (Lipinski definition) is 0. The number of aryl methyl sites for hydroxylation is 1. The lowest BCUT2D eigenvalue weighted by Crippen LogP contribution is -2.52. The van der Waals surface area contributed by atoms with Crippen molar-refractivity contribution in [1.29, 1.82) is 0 Å². The number of carbonyl (C=O) groups is 1. The van der Waals surface area contributed by atoms with Gasteiger partial charge in [0.1, 0.15) is 0 Å². The minimum absolute atomic E-state index is 0.0692. The van der Waals surface area contributed by atoms with Gasteiger partial charge in [-0.25, -0.2) is 8.42 Å². The monoisotopic (exact) mass is 432 g/mol. The van der Waals surface area contributed by atoms with Gasteiger partial charge in [0.15, 0.2) is 0 Å². The van der Waals surface area contributed by atoms with Crippen LogP contribution in [0.5, 0.6) is 0 Å². The number of sulfonamides is 1. The normalized spacial score (nSPS) is 15.1.